The zero-order valence-corrected chi connectivity index (χ0v) is 28.2. The molecule has 2 nitrogen and oxygen atoms in total. The van der Waals surface area contributed by atoms with Gasteiger partial charge in [-0.05, 0) is 124 Å². The molecule has 0 aliphatic heterocycles. The van der Waals surface area contributed by atoms with Gasteiger partial charge in [-0.15, -0.1) is 0 Å². The van der Waals surface area contributed by atoms with Crippen molar-refractivity contribution in [3.05, 3.63) is 193 Å². The molecule has 9 aromatic rings. The van der Waals surface area contributed by atoms with E-state index < -0.39 is 0 Å². The maximum Gasteiger partial charge on any atom is 0.0540 e. The fraction of sp³-hybridized carbons (Fsp3) is 0.0417. The van der Waals surface area contributed by atoms with E-state index in [-0.39, 0.29) is 0 Å². The second-order valence-corrected chi connectivity index (χ2v) is 13.2. The molecule has 0 amide bonds. The first-order valence-electron chi connectivity index (χ1n) is 17.3. The van der Waals surface area contributed by atoms with Crippen LogP contribution in [0.1, 0.15) is 11.1 Å². The zero-order chi connectivity index (χ0) is 33.6. The second-order valence-electron chi connectivity index (χ2n) is 13.2. The van der Waals surface area contributed by atoms with E-state index in [1.54, 1.807) is 0 Å². The maximum atomic E-state index is 2.40. The van der Waals surface area contributed by atoms with Crippen LogP contribution < -0.4 is 9.80 Å². The zero-order valence-electron chi connectivity index (χ0n) is 28.2. The summed E-state index contributed by atoms with van der Waals surface area (Å²) in [6, 6.07) is 66.2. The van der Waals surface area contributed by atoms with Gasteiger partial charge in [0, 0.05) is 33.8 Å². The molecule has 0 saturated heterocycles. The van der Waals surface area contributed by atoms with E-state index in [0.717, 1.165) is 28.4 Å². The molecule has 9 aromatic carbocycles. The predicted molar refractivity (Wildman–Crippen MR) is 214 cm³/mol. The van der Waals surface area contributed by atoms with Crippen molar-refractivity contribution in [1.82, 2.24) is 0 Å². The van der Waals surface area contributed by atoms with Crippen LogP contribution in [0.4, 0.5) is 34.1 Å². The van der Waals surface area contributed by atoms with Crippen LogP contribution >= 0.6 is 0 Å². The first-order chi connectivity index (χ1) is 24.6. The number of para-hydroxylation sites is 1. The van der Waals surface area contributed by atoms with Crippen LogP contribution in [0.25, 0.3) is 43.4 Å². The number of aryl methyl sites for hydroxylation is 2. The molecule has 0 unspecified atom stereocenters. The quantitative estimate of drug-likeness (QED) is 0.160. The van der Waals surface area contributed by atoms with E-state index in [0.29, 0.717) is 0 Å². The first-order valence-corrected chi connectivity index (χ1v) is 17.3. The highest BCUT2D eigenvalue weighted by atomic mass is 15.1. The molecular weight excluding hydrogens is 605 g/mol. The van der Waals surface area contributed by atoms with E-state index in [1.807, 2.05) is 0 Å². The van der Waals surface area contributed by atoms with E-state index in [1.165, 1.54) is 60.3 Å². The summed E-state index contributed by atoms with van der Waals surface area (Å²) in [6.45, 7) is 4.29. The minimum Gasteiger partial charge on any atom is -0.310 e. The van der Waals surface area contributed by atoms with Crippen molar-refractivity contribution in [3.63, 3.8) is 0 Å². The Labute approximate surface area is 293 Å². The van der Waals surface area contributed by atoms with Crippen molar-refractivity contribution >= 4 is 66.4 Å². The molecule has 0 bridgehead atoms. The minimum absolute atomic E-state index is 1.12. The van der Waals surface area contributed by atoms with Crippen LogP contribution in [-0.2, 0) is 0 Å². The molecule has 0 atom stereocenters. The van der Waals surface area contributed by atoms with Crippen molar-refractivity contribution in [2.45, 2.75) is 13.8 Å². The van der Waals surface area contributed by atoms with E-state index in [4.69, 9.17) is 0 Å². The molecule has 2 heteroatoms. The summed E-state index contributed by atoms with van der Waals surface area (Å²) < 4.78 is 0. The van der Waals surface area contributed by atoms with Gasteiger partial charge in [0.2, 0.25) is 0 Å². The molecule has 0 saturated carbocycles. The lowest BCUT2D eigenvalue weighted by atomic mass is 9.93. The van der Waals surface area contributed by atoms with Gasteiger partial charge in [-0.3, -0.25) is 0 Å². The number of benzene rings is 9. The average molecular weight is 641 g/mol. The molecule has 0 fully saturated rings. The molecular formula is C48H36N2. The smallest absolute Gasteiger partial charge is 0.0540 e. The van der Waals surface area contributed by atoms with Gasteiger partial charge in [-0.2, -0.15) is 0 Å². The van der Waals surface area contributed by atoms with Gasteiger partial charge in [-0.25, -0.2) is 0 Å². The van der Waals surface area contributed by atoms with E-state index in [2.05, 4.69) is 206 Å². The van der Waals surface area contributed by atoms with Crippen molar-refractivity contribution < 1.29 is 0 Å². The summed E-state index contributed by atoms with van der Waals surface area (Å²) >= 11 is 0. The summed E-state index contributed by atoms with van der Waals surface area (Å²) in [5.74, 6) is 0. The molecule has 0 aromatic heterocycles. The van der Waals surface area contributed by atoms with Crippen LogP contribution in [0.5, 0.6) is 0 Å². The molecule has 0 aliphatic carbocycles. The largest absolute Gasteiger partial charge is 0.310 e. The molecule has 0 spiro atoms. The number of nitrogens with zero attached hydrogens (tertiary/aromatic N) is 2. The van der Waals surface area contributed by atoms with Crippen molar-refractivity contribution in [1.29, 1.82) is 0 Å². The van der Waals surface area contributed by atoms with Crippen LogP contribution in [0.3, 0.4) is 0 Å². The summed E-state index contributed by atoms with van der Waals surface area (Å²) in [6.07, 6.45) is 0. The third kappa shape index (κ3) is 5.23. The lowest BCUT2D eigenvalue weighted by molar-refractivity contribution is 1.27. The molecule has 50 heavy (non-hydrogen) atoms. The Morgan fingerprint density at radius 2 is 0.820 bits per heavy atom. The van der Waals surface area contributed by atoms with Gasteiger partial charge in [0.1, 0.15) is 0 Å². The highest BCUT2D eigenvalue weighted by Crippen LogP contribution is 2.44. The summed E-state index contributed by atoms with van der Waals surface area (Å²) in [5.41, 5.74) is 11.7. The summed E-state index contributed by atoms with van der Waals surface area (Å²) in [7, 11) is 0. The normalized spacial score (nSPS) is 11.4. The van der Waals surface area contributed by atoms with Crippen LogP contribution in [-0.4, -0.2) is 0 Å². The van der Waals surface area contributed by atoms with Crippen LogP contribution in [0, 0.1) is 13.8 Å². The van der Waals surface area contributed by atoms with Gasteiger partial charge in [0.05, 0.1) is 5.69 Å². The van der Waals surface area contributed by atoms with E-state index >= 15 is 0 Å². The van der Waals surface area contributed by atoms with E-state index in [9.17, 15) is 0 Å². The maximum absolute atomic E-state index is 2.40. The average Bonchev–Trinajstić information content (AvgIpc) is 3.16. The Kier molecular flexibility index (Phi) is 7.29. The fourth-order valence-electron chi connectivity index (χ4n) is 7.43. The van der Waals surface area contributed by atoms with Crippen molar-refractivity contribution in [2.24, 2.45) is 0 Å². The van der Waals surface area contributed by atoms with Crippen LogP contribution in [0.2, 0.25) is 0 Å². The van der Waals surface area contributed by atoms with Crippen molar-refractivity contribution in [2.75, 3.05) is 9.80 Å². The number of hydrogen-bond acceptors (Lipinski definition) is 2. The third-order valence-electron chi connectivity index (χ3n) is 9.90. The Morgan fingerprint density at radius 1 is 0.320 bits per heavy atom. The molecule has 0 heterocycles. The molecule has 0 radical (unpaired) electrons. The Bertz CT molecular complexity index is 2570. The third-order valence-corrected chi connectivity index (χ3v) is 9.90. The molecule has 0 aliphatic rings. The topological polar surface area (TPSA) is 6.48 Å². The first kappa shape index (κ1) is 29.7. The standard InChI is InChI=1S/C48H36N2/c1-33-14-24-42(25-15-33)50(46-31-23-39-17-16-37-9-7-10-38-22-30-45(46)48(39)47(37)38)43-28-20-36(21-29-43)35-18-26-41(27-19-35)49(40-11-4-3-5-12-40)44-13-6-8-34(2)32-44/h3-32H,1-2H3. The summed E-state index contributed by atoms with van der Waals surface area (Å²) in [4.78, 5) is 4.72. The minimum atomic E-state index is 1.12. The lowest BCUT2D eigenvalue weighted by Crippen LogP contribution is -2.10. The Balaban J connectivity index is 1.11. The highest BCUT2D eigenvalue weighted by molar-refractivity contribution is 6.25. The Morgan fingerprint density at radius 3 is 1.46 bits per heavy atom. The molecule has 9 rings (SSSR count). The lowest BCUT2D eigenvalue weighted by Gasteiger charge is -2.28. The fourth-order valence-corrected chi connectivity index (χ4v) is 7.43. The number of rotatable bonds is 7. The second kappa shape index (κ2) is 12.3. The van der Waals surface area contributed by atoms with Gasteiger partial charge in [0.25, 0.3) is 0 Å². The SMILES string of the molecule is Cc1ccc(N(c2ccc(-c3ccc(N(c4ccccc4)c4cccc(C)c4)cc3)cc2)c2ccc3ccc4cccc5ccc2c3c45)cc1. The highest BCUT2D eigenvalue weighted by Gasteiger charge is 2.19. The molecule has 238 valence electrons. The van der Waals surface area contributed by atoms with Crippen LogP contribution in [0.15, 0.2) is 182 Å². The van der Waals surface area contributed by atoms with Gasteiger partial charge in [0.15, 0.2) is 0 Å². The monoisotopic (exact) mass is 640 g/mol. The van der Waals surface area contributed by atoms with Gasteiger partial charge in [-0.1, -0.05) is 121 Å². The summed E-state index contributed by atoms with van der Waals surface area (Å²) in [5, 5.41) is 7.73. The van der Waals surface area contributed by atoms with Crippen molar-refractivity contribution in [3.8, 4) is 11.1 Å². The predicted octanol–water partition coefficient (Wildman–Crippen LogP) is 13.8. The van der Waals surface area contributed by atoms with Gasteiger partial charge < -0.3 is 9.80 Å². The van der Waals surface area contributed by atoms with Gasteiger partial charge >= 0.3 is 0 Å². The Hall–Kier alpha value is -6.38. The number of anilines is 6. The number of hydrogen-bond donors (Lipinski definition) is 0. The molecule has 0 N–H and O–H groups in total.